The van der Waals surface area contributed by atoms with Gasteiger partial charge in [0.25, 0.3) is 0 Å². The third-order valence-electron chi connectivity index (χ3n) is 4.63. The zero-order valence-corrected chi connectivity index (χ0v) is 14.4. The summed E-state index contributed by atoms with van der Waals surface area (Å²) in [6.07, 6.45) is 10.9. The first-order chi connectivity index (χ1) is 9.06. The highest BCUT2D eigenvalue weighted by atomic mass is 28.3. The van der Waals surface area contributed by atoms with Gasteiger partial charge in [0.1, 0.15) is 5.60 Å². The van der Waals surface area contributed by atoms with Crippen LogP contribution < -0.4 is 0 Å². The molecule has 2 atom stereocenters. The molecule has 1 aliphatic carbocycles. The van der Waals surface area contributed by atoms with Gasteiger partial charge < -0.3 is 9.22 Å². The van der Waals surface area contributed by atoms with E-state index in [0.717, 1.165) is 6.42 Å². The molecule has 3 heteroatoms. The van der Waals surface area contributed by atoms with Crippen LogP contribution in [0.15, 0.2) is 0 Å². The van der Waals surface area contributed by atoms with Gasteiger partial charge in [0.05, 0.1) is 0 Å². The number of hydrogen-bond acceptors (Lipinski definition) is 2. The van der Waals surface area contributed by atoms with Crippen molar-refractivity contribution in [2.45, 2.75) is 83.9 Å². The van der Waals surface area contributed by atoms with Crippen molar-refractivity contribution >= 4 is 15.3 Å². The van der Waals surface area contributed by atoms with Crippen LogP contribution in [0.1, 0.15) is 65.2 Å². The molecule has 1 aliphatic rings. The fourth-order valence-electron chi connectivity index (χ4n) is 3.55. The predicted octanol–water partition coefficient (Wildman–Crippen LogP) is 4.33. The maximum absolute atomic E-state index is 12.0. The molecule has 0 aromatic heterocycles. The van der Waals surface area contributed by atoms with Gasteiger partial charge in [-0.2, -0.15) is 0 Å². The number of hydrogen-bond donors (Lipinski definition) is 0. The summed E-state index contributed by atoms with van der Waals surface area (Å²) in [5.41, 5.74) is -0.476. The predicted molar refractivity (Wildman–Crippen MR) is 84.0 cm³/mol. The van der Waals surface area contributed by atoms with Crippen LogP contribution in [0, 0.1) is 11.8 Å². The van der Waals surface area contributed by atoms with Crippen molar-refractivity contribution < 1.29 is 9.22 Å². The molecule has 0 aliphatic heterocycles. The molecule has 0 aromatic rings. The molecule has 0 bridgehead atoms. The molecule has 0 N–H and O–H groups in total. The van der Waals surface area contributed by atoms with Gasteiger partial charge in [0, 0.05) is 0 Å². The van der Waals surface area contributed by atoms with Crippen molar-refractivity contribution in [1.29, 1.82) is 0 Å². The van der Waals surface area contributed by atoms with Crippen molar-refractivity contribution in [3.63, 3.8) is 0 Å². The molecule has 2 unspecified atom stereocenters. The standard InChI is InChI=1S/C16H32O2Si/c1-5-6-10-14(2)16(13-17,18-19(3)4)15-11-8-7-9-12-15/h13-15,19H,5-12H2,1-4H3. The minimum atomic E-state index is -1.21. The summed E-state index contributed by atoms with van der Waals surface area (Å²) in [5, 5.41) is 0. The van der Waals surface area contributed by atoms with E-state index in [2.05, 4.69) is 26.9 Å². The fraction of sp³-hybridized carbons (Fsp3) is 0.938. The van der Waals surface area contributed by atoms with E-state index in [1.165, 1.54) is 51.2 Å². The first kappa shape index (κ1) is 16.9. The van der Waals surface area contributed by atoms with Crippen LogP contribution in [0.5, 0.6) is 0 Å². The fourth-order valence-corrected chi connectivity index (χ4v) is 4.85. The van der Waals surface area contributed by atoms with E-state index in [9.17, 15) is 4.79 Å². The van der Waals surface area contributed by atoms with Crippen LogP contribution in [0.4, 0.5) is 0 Å². The van der Waals surface area contributed by atoms with Crippen LogP contribution in [0.2, 0.25) is 13.1 Å². The van der Waals surface area contributed by atoms with Crippen LogP contribution in [-0.4, -0.2) is 20.9 Å². The third kappa shape index (κ3) is 4.42. The molecule has 0 aromatic carbocycles. The SMILES string of the molecule is CCCCC(C)C(C=O)(O[SiH](C)C)C1CCCCC1. The number of aldehydes is 1. The molecule has 19 heavy (non-hydrogen) atoms. The summed E-state index contributed by atoms with van der Waals surface area (Å²) in [6.45, 7) is 8.82. The van der Waals surface area contributed by atoms with Crippen molar-refractivity contribution in [1.82, 2.24) is 0 Å². The van der Waals surface area contributed by atoms with E-state index >= 15 is 0 Å². The zero-order chi connectivity index (χ0) is 14.3. The van der Waals surface area contributed by atoms with Gasteiger partial charge in [0.15, 0.2) is 15.3 Å². The molecule has 0 radical (unpaired) electrons. The lowest BCUT2D eigenvalue weighted by atomic mass is 9.70. The Morgan fingerprint density at radius 1 is 1.32 bits per heavy atom. The minimum Gasteiger partial charge on any atom is -0.408 e. The molecule has 0 heterocycles. The summed E-state index contributed by atoms with van der Waals surface area (Å²) in [7, 11) is -1.21. The van der Waals surface area contributed by atoms with Crippen molar-refractivity contribution in [3.8, 4) is 0 Å². The maximum Gasteiger partial charge on any atom is 0.172 e. The van der Waals surface area contributed by atoms with E-state index < -0.39 is 14.6 Å². The average molecular weight is 285 g/mol. The minimum absolute atomic E-state index is 0.364. The lowest BCUT2D eigenvalue weighted by Crippen LogP contribution is -2.51. The lowest BCUT2D eigenvalue weighted by Gasteiger charge is -2.44. The summed E-state index contributed by atoms with van der Waals surface area (Å²) in [5.74, 6) is 0.823. The quantitative estimate of drug-likeness (QED) is 0.490. The largest absolute Gasteiger partial charge is 0.408 e. The highest BCUT2D eigenvalue weighted by Crippen LogP contribution is 2.40. The van der Waals surface area contributed by atoms with E-state index in [-0.39, 0.29) is 0 Å². The second-order valence-electron chi connectivity index (χ2n) is 6.52. The first-order valence-corrected chi connectivity index (χ1v) is 11.0. The Kier molecular flexibility index (Phi) is 7.30. The molecule has 0 amide bonds. The summed E-state index contributed by atoms with van der Waals surface area (Å²) in [4.78, 5) is 12.0. The Labute approximate surface area is 121 Å². The van der Waals surface area contributed by atoms with Gasteiger partial charge in [-0.3, -0.25) is 0 Å². The highest BCUT2D eigenvalue weighted by molar-refractivity contribution is 6.48. The van der Waals surface area contributed by atoms with E-state index in [4.69, 9.17) is 4.43 Å². The third-order valence-corrected chi connectivity index (χ3v) is 5.51. The number of carbonyl (C=O) groups excluding carboxylic acids is 1. The molecule has 112 valence electrons. The zero-order valence-electron chi connectivity index (χ0n) is 13.3. The van der Waals surface area contributed by atoms with Gasteiger partial charge in [-0.15, -0.1) is 0 Å². The monoisotopic (exact) mass is 284 g/mol. The number of unbranched alkanes of at least 4 members (excludes halogenated alkanes) is 1. The van der Waals surface area contributed by atoms with Gasteiger partial charge in [0.2, 0.25) is 0 Å². The lowest BCUT2D eigenvalue weighted by molar-refractivity contribution is -0.135. The van der Waals surface area contributed by atoms with Crippen LogP contribution in [0.25, 0.3) is 0 Å². The van der Waals surface area contributed by atoms with E-state index in [0.29, 0.717) is 11.8 Å². The van der Waals surface area contributed by atoms with Crippen molar-refractivity contribution in [2.75, 3.05) is 0 Å². The Morgan fingerprint density at radius 2 is 1.95 bits per heavy atom. The summed E-state index contributed by atoms with van der Waals surface area (Å²) < 4.78 is 6.36. The Morgan fingerprint density at radius 3 is 2.42 bits per heavy atom. The molecule has 1 saturated carbocycles. The topological polar surface area (TPSA) is 26.3 Å². The van der Waals surface area contributed by atoms with Crippen LogP contribution in [0.3, 0.4) is 0 Å². The van der Waals surface area contributed by atoms with Crippen LogP contribution >= 0.6 is 0 Å². The van der Waals surface area contributed by atoms with Crippen molar-refractivity contribution in [3.05, 3.63) is 0 Å². The molecular formula is C16H32O2Si. The number of carbonyl (C=O) groups is 1. The maximum atomic E-state index is 12.0. The Balaban J connectivity index is 2.87. The number of rotatable bonds is 8. The van der Waals surface area contributed by atoms with E-state index in [1.54, 1.807) is 0 Å². The van der Waals surface area contributed by atoms with Gasteiger partial charge in [-0.25, -0.2) is 0 Å². The molecular weight excluding hydrogens is 252 g/mol. The second-order valence-corrected chi connectivity index (χ2v) is 8.85. The second kappa shape index (κ2) is 8.20. The molecule has 0 saturated heterocycles. The summed E-state index contributed by atoms with van der Waals surface area (Å²) in [6, 6.07) is 0. The average Bonchev–Trinajstić information content (AvgIpc) is 2.42. The molecule has 0 spiro atoms. The van der Waals surface area contributed by atoms with Crippen LogP contribution in [-0.2, 0) is 9.22 Å². The van der Waals surface area contributed by atoms with Crippen molar-refractivity contribution in [2.24, 2.45) is 11.8 Å². The van der Waals surface area contributed by atoms with Gasteiger partial charge >= 0.3 is 0 Å². The van der Waals surface area contributed by atoms with Gasteiger partial charge in [-0.05, 0) is 44.2 Å². The Hall–Kier alpha value is -0.153. The molecule has 1 rings (SSSR count). The first-order valence-electron chi connectivity index (χ1n) is 8.21. The Bertz CT molecular complexity index is 261. The molecule has 1 fully saturated rings. The summed E-state index contributed by atoms with van der Waals surface area (Å²) >= 11 is 0. The molecule has 2 nitrogen and oxygen atoms in total. The van der Waals surface area contributed by atoms with Gasteiger partial charge in [-0.1, -0.05) is 46.0 Å². The van der Waals surface area contributed by atoms with E-state index in [1.807, 2.05) is 0 Å². The normalized spacial score (nSPS) is 22.2. The smallest absolute Gasteiger partial charge is 0.172 e. The highest BCUT2D eigenvalue weighted by Gasteiger charge is 2.44.